The number of carbonyl (C=O) groups excluding carboxylic acids is 1. The third-order valence-corrected chi connectivity index (χ3v) is 7.06. The third kappa shape index (κ3) is 4.68. The van der Waals surface area contributed by atoms with Crippen molar-refractivity contribution in [1.82, 2.24) is 14.9 Å². The van der Waals surface area contributed by atoms with Crippen molar-refractivity contribution >= 4 is 40.5 Å². The molecule has 0 saturated carbocycles. The Morgan fingerprint density at radius 3 is 2.67 bits per heavy atom. The summed E-state index contributed by atoms with van der Waals surface area (Å²) in [6, 6.07) is 11.0. The number of amides is 1. The van der Waals surface area contributed by atoms with Gasteiger partial charge in [0.15, 0.2) is 6.73 Å². The summed E-state index contributed by atoms with van der Waals surface area (Å²) in [6.45, 7) is 3.95. The van der Waals surface area contributed by atoms with Crippen LogP contribution in [0.1, 0.15) is 28.8 Å². The van der Waals surface area contributed by atoms with E-state index in [0.717, 1.165) is 42.1 Å². The minimum atomic E-state index is -0.608. The average Bonchev–Trinajstić information content (AvgIpc) is 2.85. The first-order valence-corrected chi connectivity index (χ1v) is 12.2. The van der Waals surface area contributed by atoms with Crippen LogP contribution >= 0.6 is 11.6 Å². The SMILES string of the molecule is Cc1cc(Nc2ncc3c(n2)OCN(c2c(F)cccc2Cl)C3=O)ccc1N1CCC(N(C)C)CC1. The van der Waals surface area contributed by atoms with Crippen LogP contribution in [0.3, 0.4) is 0 Å². The number of aryl methyl sites for hydroxylation is 1. The molecule has 0 radical (unpaired) electrons. The van der Waals surface area contributed by atoms with Crippen molar-refractivity contribution in [2.45, 2.75) is 25.8 Å². The van der Waals surface area contributed by atoms with Crippen LogP contribution in [-0.2, 0) is 0 Å². The van der Waals surface area contributed by atoms with Crippen molar-refractivity contribution in [2.75, 3.05) is 49.0 Å². The number of hydrogen-bond donors (Lipinski definition) is 1. The van der Waals surface area contributed by atoms with E-state index in [4.69, 9.17) is 16.3 Å². The number of rotatable bonds is 5. The van der Waals surface area contributed by atoms with Gasteiger partial charge in [0.1, 0.15) is 17.1 Å². The molecule has 36 heavy (non-hydrogen) atoms. The van der Waals surface area contributed by atoms with E-state index in [1.165, 1.54) is 30.1 Å². The van der Waals surface area contributed by atoms with Crippen molar-refractivity contribution in [2.24, 2.45) is 0 Å². The summed E-state index contributed by atoms with van der Waals surface area (Å²) in [4.78, 5) is 27.5. The number of nitrogens with one attached hydrogen (secondary N) is 1. The van der Waals surface area contributed by atoms with Gasteiger partial charge in [0.25, 0.3) is 5.91 Å². The lowest BCUT2D eigenvalue weighted by molar-refractivity contribution is 0.0931. The molecule has 0 spiro atoms. The Labute approximate surface area is 214 Å². The van der Waals surface area contributed by atoms with Gasteiger partial charge in [-0.15, -0.1) is 0 Å². The Morgan fingerprint density at radius 1 is 1.19 bits per heavy atom. The average molecular weight is 511 g/mol. The van der Waals surface area contributed by atoms with E-state index in [1.54, 1.807) is 0 Å². The highest BCUT2D eigenvalue weighted by Crippen LogP contribution is 2.34. The van der Waals surface area contributed by atoms with Crippen LogP contribution in [0.5, 0.6) is 5.88 Å². The zero-order valence-electron chi connectivity index (χ0n) is 20.5. The van der Waals surface area contributed by atoms with Gasteiger partial charge in [0.05, 0.1) is 5.02 Å². The molecule has 5 rings (SSSR count). The van der Waals surface area contributed by atoms with Crippen LogP contribution in [0.2, 0.25) is 5.02 Å². The Bertz CT molecular complexity index is 1280. The van der Waals surface area contributed by atoms with Crippen LogP contribution < -0.4 is 19.9 Å². The van der Waals surface area contributed by atoms with E-state index in [-0.39, 0.29) is 28.9 Å². The number of nitrogens with zero attached hydrogens (tertiary/aromatic N) is 5. The number of anilines is 4. The maximum Gasteiger partial charge on any atom is 0.268 e. The standard InChI is InChI=1S/C26H28ClFN6O2/c1-16-13-17(7-8-22(16)33-11-9-18(10-12-33)32(2)3)30-26-29-14-19-24(31-26)36-15-34(25(19)35)23-20(27)5-4-6-21(23)28/h4-8,13-14,18H,9-12,15H2,1-3H3,(H,29,30,31). The molecule has 1 saturated heterocycles. The minimum absolute atomic E-state index is 0.0291. The number of benzene rings is 2. The number of fused-ring (bicyclic) bond motifs is 1. The first-order valence-electron chi connectivity index (χ1n) is 11.9. The molecule has 1 N–H and O–H groups in total. The van der Waals surface area contributed by atoms with Crippen molar-refractivity contribution in [3.05, 3.63) is 64.6 Å². The Kier molecular flexibility index (Phi) is 6.68. The molecular formula is C26H28ClFN6O2. The van der Waals surface area contributed by atoms with E-state index >= 15 is 0 Å². The molecule has 10 heteroatoms. The summed E-state index contributed by atoms with van der Waals surface area (Å²) in [5, 5.41) is 3.31. The van der Waals surface area contributed by atoms with Crippen molar-refractivity contribution in [3.8, 4) is 5.88 Å². The van der Waals surface area contributed by atoms with Crippen molar-refractivity contribution in [1.29, 1.82) is 0 Å². The predicted molar refractivity (Wildman–Crippen MR) is 139 cm³/mol. The maximum absolute atomic E-state index is 14.3. The number of aromatic nitrogens is 2. The van der Waals surface area contributed by atoms with Gasteiger partial charge in [0, 0.05) is 36.7 Å². The molecule has 0 unspecified atom stereocenters. The zero-order valence-corrected chi connectivity index (χ0v) is 21.2. The number of hydrogen-bond acceptors (Lipinski definition) is 7. The fourth-order valence-corrected chi connectivity index (χ4v) is 5.03. The number of para-hydroxylation sites is 1. The molecule has 1 fully saturated rings. The summed E-state index contributed by atoms with van der Waals surface area (Å²) in [6.07, 6.45) is 3.67. The largest absolute Gasteiger partial charge is 0.455 e. The zero-order chi connectivity index (χ0) is 25.4. The molecule has 1 aromatic heterocycles. The molecule has 188 valence electrons. The van der Waals surface area contributed by atoms with Gasteiger partial charge >= 0.3 is 0 Å². The molecule has 2 aliphatic rings. The molecule has 1 amide bonds. The van der Waals surface area contributed by atoms with E-state index in [2.05, 4.69) is 58.2 Å². The first kappa shape index (κ1) is 24.3. The highest BCUT2D eigenvalue weighted by Gasteiger charge is 2.32. The van der Waals surface area contributed by atoms with E-state index in [0.29, 0.717) is 12.0 Å². The van der Waals surface area contributed by atoms with Crippen LogP contribution in [0.25, 0.3) is 0 Å². The number of ether oxygens (including phenoxy) is 1. The van der Waals surface area contributed by atoms with Gasteiger partial charge in [0.2, 0.25) is 11.8 Å². The van der Waals surface area contributed by atoms with Crippen molar-refractivity contribution < 1.29 is 13.9 Å². The molecule has 8 nitrogen and oxygen atoms in total. The van der Waals surface area contributed by atoms with Gasteiger partial charge in [-0.25, -0.2) is 9.37 Å². The summed E-state index contributed by atoms with van der Waals surface area (Å²) in [5.74, 6) is -0.646. The minimum Gasteiger partial charge on any atom is -0.455 e. The second kappa shape index (κ2) is 9.91. The summed E-state index contributed by atoms with van der Waals surface area (Å²) < 4.78 is 20.0. The number of carbonyl (C=O) groups is 1. The lowest BCUT2D eigenvalue weighted by Crippen LogP contribution is -2.42. The summed E-state index contributed by atoms with van der Waals surface area (Å²) in [7, 11) is 4.29. The van der Waals surface area contributed by atoms with Crippen LogP contribution in [0.4, 0.5) is 27.4 Å². The molecule has 2 aromatic carbocycles. The Hall–Kier alpha value is -3.43. The smallest absolute Gasteiger partial charge is 0.268 e. The number of piperidine rings is 1. The predicted octanol–water partition coefficient (Wildman–Crippen LogP) is 4.85. The molecule has 2 aliphatic heterocycles. The molecular weight excluding hydrogens is 483 g/mol. The molecule has 0 bridgehead atoms. The van der Waals surface area contributed by atoms with Crippen LogP contribution in [0.15, 0.2) is 42.6 Å². The molecule has 0 aliphatic carbocycles. The van der Waals surface area contributed by atoms with Crippen LogP contribution in [0, 0.1) is 12.7 Å². The first-order chi connectivity index (χ1) is 17.3. The van der Waals surface area contributed by atoms with E-state index in [9.17, 15) is 9.18 Å². The third-order valence-electron chi connectivity index (χ3n) is 6.76. The normalized spacial score (nSPS) is 16.2. The maximum atomic E-state index is 14.3. The fourth-order valence-electron chi connectivity index (χ4n) is 4.77. The van der Waals surface area contributed by atoms with Crippen molar-refractivity contribution in [3.63, 3.8) is 0 Å². The van der Waals surface area contributed by atoms with Crippen LogP contribution in [-0.4, -0.2) is 60.7 Å². The topological polar surface area (TPSA) is 73.8 Å². The fraction of sp³-hybridized carbons (Fsp3) is 0.346. The van der Waals surface area contributed by atoms with Gasteiger partial charge in [-0.1, -0.05) is 17.7 Å². The van der Waals surface area contributed by atoms with E-state index in [1.807, 2.05) is 6.07 Å². The molecule has 0 atom stereocenters. The Balaban J connectivity index is 1.29. The van der Waals surface area contributed by atoms with Gasteiger partial charge in [-0.2, -0.15) is 4.98 Å². The highest BCUT2D eigenvalue weighted by atomic mass is 35.5. The number of halogens is 2. The Morgan fingerprint density at radius 2 is 1.97 bits per heavy atom. The quantitative estimate of drug-likeness (QED) is 0.526. The summed E-state index contributed by atoms with van der Waals surface area (Å²) >= 11 is 6.13. The lowest BCUT2D eigenvalue weighted by atomic mass is 10.0. The lowest BCUT2D eigenvalue weighted by Gasteiger charge is -2.37. The molecule has 3 aromatic rings. The second-order valence-electron chi connectivity index (χ2n) is 9.30. The molecule has 3 heterocycles. The van der Waals surface area contributed by atoms with Gasteiger partial charge in [-0.05, 0) is 69.8 Å². The highest BCUT2D eigenvalue weighted by molar-refractivity contribution is 6.34. The van der Waals surface area contributed by atoms with E-state index < -0.39 is 11.7 Å². The summed E-state index contributed by atoms with van der Waals surface area (Å²) in [5.41, 5.74) is 3.33. The monoisotopic (exact) mass is 510 g/mol. The van der Waals surface area contributed by atoms with Gasteiger partial charge < -0.3 is 19.9 Å². The second-order valence-corrected chi connectivity index (χ2v) is 9.70. The van der Waals surface area contributed by atoms with Gasteiger partial charge in [-0.3, -0.25) is 9.69 Å².